The van der Waals surface area contributed by atoms with Crippen molar-refractivity contribution in [1.29, 1.82) is 0 Å². The van der Waals surface area contributed by atoms with Crippen molar-refractivity contribution in [2.75, 3.05) is 6.61 Å². The summed E-state index contributed by atoms with van der Waals surface area (Å²) < 4.78 is 0. The molecular weight excluding hydrogens is 128 g/mol. The van der Waals surface area contributed by atoms with Gasteiger partial charge >= 0.3 is 0 Å². The number of hydrogen-bond donors (Lipinski definition) is 2. The second-order valence-electron chi connectivity index (χ2n) is 2.99. The van der Waals surface area contributed by atoms with Crippen molar-refractivity contribution in [1.82, 2.24) is 0 Å². The zero-order valence-electron chi connectivity index (χ0n) is 7.04. The van der Waals surface area contributed by atoms with Crippen LogP contribution in [0.1, 0.15) is 27.2 Å². The van der Waals surface area contributed by atoms with E-state index >= 15 is 0 Å². The van der Waals surface area contributed by atoms with Crippen LogP contribution in [0, 0.1) is 11.8 Å². The highest BCUT2D eigenvalue weighted by atomic mass is 16.3. The molecule has 0 bridgehead atoms. The Bertz CT molecular complexity index is 73.3. The first kappa shape index (κ1) is 9.92. The average Bonchev–Trinajstić information content (AvgIpc) is 2.00. The molecule has 0 radical (unpaired) electrons. The second kappa shape index (κ2) is 4.69. The summed E-state index contributed by atoms with van der Waals surface area (Å²) >= 11 is 0. The van der Waals surface area contributed by atoms with Gasteiger partial charge in [-0.15, -0.1) is 0 Å². The molecule has 0 aromatic carbocycles. The van der Waals surface area contributed by atoms with Crippen LogP contribution < -0.4 is 0 Å². The van der Waals surface area contributed by atoms with Gasteiger partial charge in [-0.1, -0.05) is 20.8 Å². The maximum absolute atomic E-state index is 9.32. The third-order valence-corrected chi connectivity index (χ3v) is 2.21. The van der Waals surface area contributed by atoms with Gasteiger partial charge in [-0.2, -0.15) is 0 Å². The molecule has 3 atom stereocenters. The first-order valence-electron chi connectivity index (χ1n) is 3.92. The molecule has 2 nitrogen and oxygen atoms in total. The maximum atomic E-state index is 9.32. The smallest absolute Gasteiger partial charge is 0.0566 e. The highest BCUT2D eigenvalue weighted by Gasteiger charge is 2.17. The second-order valence-corrected chi connectivity index (χ2v) is 2.99. The van der Waals surface area contributed by atoms with Gasteiger partial charge in [0.05, 0.1) is 6.10 Å². The summed E-state index contributed by atoms with van der Waals surface area (Å²) in [7, 11) is 0. The van der Waals surface area contributed by atoms with Crippen LogP contribution in [0.25, 0.3) is 0 Å². The molecule has 3 unspecified atom stereocenters. The summed E-state index contributed by atoms with van der Waals surface area (Å²) in [5, 5.41) is 18.1. The fourth-order valence-corrected chi connectivity index (χ4v) is 0.917. The Hall–Kier alpha value is -0.0800. The lowest BCUT2D eigenvalue weighted by Crippen LogP contribution is -2.25. The van der Waals surface area contributed by atoms with Gasteiger partial charge < -0.3 is 10.2 Å². The third kappa shape index (κ3) is 2.67. The summed E-state index contributed by atoms with van der Waals surface area (Å²) in [6.07, 6.45) is 0.507. The molecule has 2 N–H and O–H groups in total. The molecule has 0 aliphatic carbocycles. The molecule has 0 aliphatic heterocycles. The molecule has 0 aromatic heterocycles. The predicted molar refractivity (Wildman–Crippen MR) is 41.7 cm³/mol. The first-order valence-corrected chi connectivity index (χ1v) is 3.92. The van der Waals surface area contributed by atoms with E-state index in [2.05, 4.69) is 0 Å². The van der Waals surface area contributed by atoms with Gasteiger partial charge in [-0.3, -0.25) is 0 Å². The van der Waals surface area contributed by atoms with E-state index in [1.54, 1.807) is 0 Å². The molecule has 2 heteroatoms. The van der Waals surface area contributed by atoms with Crippen LogP contribution in [0.15, 0.2) is 0 Å². The van der Waals surface area contributed by atoms with Crippen LogP contribution in [-0.2, 0) is 0 Å². The van der Waals surface area contributed by atoms with E-state index in [0.29, 0.717) is 0 Å². The van der Waals surface area contributed by atoms with Crippen molar-refractivity contribution in [3.05, 3.63) is 0 Å². The van der Waals surface area contributed by atoms with E-state index in [9.17, 15) is 5.11 Å². The summed E-state index contributed by atoms with van der Waals surface area (Å²) in [5.74, 6) is 0.407. The largest absolute Gasteiger partial charge is 0.396 e. The topological polar surface area (TPSA) is 40.5 Å². The van der Waals surface area contributed by atoms with Gasteiger partial charge in [-0.05, 0) is 18.3 Å². The van der Waals surface area contributed by atoms with E-state index in [0.717, 1.165) is 6.42 Å². The molecule has 0 fully saturated rings. The number of rotatable bonds is 4. The molecule has 62 valence electrons. The minimum Gasteiger partial charge on any atom is -0.396 e. The lowest BCUT2D eigenvalue weighted by molar-refractivity contribution is 0.0621. The van der Waals surface area contributed by atoms with Crippen molar-refractivity contribution < 1.29 is 10.2 Å². The van der Waals surface area contributed by atoms with Crippen molar-refractivity contribution in [2.45, 2.75) is 33.3 Å². The molecule has 10 heavy (non-hydrogen) atoms. The van der Waals surface area contributed by atoms with E-state index in [4.69, 9.17) is 5.11 Å². The van der Waals surface area contributed by atoms with Crippen molar-refractivity contribution in [3.63, 3.8) is 0 Å². The van der Waals surface area contributed by atoms with E-state index in [1.165, 1.54) is 0 Å². The van der Waals surface area contributed by atoms with Crippen LogP contribution in [0.3, 0.4) is 0 Å². The fraction of sp³-hybridized carbons (Fsp3) is 1.00. The van der Waals surface area contributed by atoms with Crippen LogP contribution in [0.4, 0.5) is 0 Å². The highest BCUT2D eigenvalue weighted by Crippen LogP contribution is 2.16. The Morgan fingerprint density at radius 1 is 1.30 bits per heavy atom. The van der Waals surface area contributed by atoms with Gasteiger partial charge in [0.2, 0.25) is 0 Å². The number of aliphatic hydroxyl groups is 2. The molecule has 0 rings (SSSR count). The van der Waals surface area contributed by atoms with Crippen molar-refractivity contribution in [2.24, 2.45) is 11.8 Å². The van der Waals surface area contributed by atoms with Crippen LogP contribution >= 0.6 is 0 Å². The minimum atomic E-state index is -0.262. The lowest BCUT2D eigenvalue weighted by atomic mass is 9.90. The standard InChI is InChI=1S/C8H18O2/c1-4-8(10)7(3)6(2)5-9/h6-10H,4-5H2,1-3H3. The van der Waals surface area contributed by atoms with Crippen LogP contribution in [0.2, 0.25) is 0 Å². The average molecular weight is 146 g/mol. The van der Waals surface area contributed by atoms with Crippen molar-refractivity contribution in [3.8, 4) is 0 Å². The van der Waals surface area contributed by atoms with Crippen LogP contribution in [0.5, 0.6) is 0 Å². The van der Waals surface area contributed by atoms with Crippen LogP contribution in [-0.4, -0.2) is 22.9 Å². The zero-order chi connectivity index (χ0) is 8.15. The Balaban J connectivity index is 3.69. The molecule has 0 aromatic rings. The predicted octanol–water partition coefficient (Wildman–Crippen LogP) is 1.02. The van der Waals surface area contributed by atoms with Crippen molar-refractivity contribution >= 4 is 0 Å². The summed E-state index contributed by atoms with van der Waals surface area (Å²) in [5.41, 5.74) is 0. The van der Waals surface area contributed by atoms with E-state index in [-0.39, 0.29) is 24.5 Å². The Kier molecular flexibility index (Phi) is 4.65. The van der Waals surface area contributed by atoms with E-state index < -0.39 is 0 Å². The molecule has 0 saturated heterocycles. The van der Waals surface area contributed by atoms with Gasteiger partial charge in [0.1, 0.15) is 0 Å². The van der Waals surface area contributed by atoms with Gasteiger partial charge in [0.25, 0.3) is 0 Å². The van der Waals surface area contributed by atoms with E-state index in [1.807, 2.05) is 20.8 Å². The third-order valence-electron chi connectivity index (χ3n) is 2.21. The normalized spacial score (nSPS) is 20.1. The molecule has 0 saturated carbocycles. The molecule has 0 spiro atoms. The number of hydrogen-bond acceptors (Lipinski definition) is 2. The molecule has 0 amide bonds. The lowest BCUT2D eigenvalue weighted by Gasteiger charge is -2.22. The summed E-state index contributed by atoms with van der Waals surface area (Å²) in [6, 6.07) is 0. The summed E-state index contributed by atoms with van der Waals surface area (Å²) in [6.45, 7) is 6.03. The maximum Gasteiger partial charge on any atom is 0.0566 e. The minimum absolute atomic E-state index is 0.165. The first-order chi connectivity index (χ1) is 4.63. The molecule has 0 aliphatic rings. The Labute approximate surface area is 62.9 Å². The Morgan fingerprint density at radius 3 is 2.10 bits per heavy atom. The SMILES string of the molecule is CCC(O)C(C)C(C)CO. The zero-order valence-corrected chi connectivity index (χ0v) is 7.04. The van der Waals surface area contributed by atoms with Gasteiger partial charge in [-0.25, -0.2) is 0 Å². The monoisotopic (exact) mass is 146 g/mol. The summed E-state index contributed by atoms with van der Waals surface area (Å²) in [4.78, 5) is 0. The number of aliphatic hydroxyl groups excluding tert-OH is 2. The molecular formula is C8H18O2. The highest BCUT2D eigenvalue weighted by molar-refractivity contribution is 4.67. The molecule has 0 heterocycles. The quantitative estimate of drug-likeness (QED) is 0.621. The Morgan fingerprint density at radius 2 is 1.80 bits per heavy atom. The van der Waals surface area contributed by atoms with Gasteiger partial charge in [0.15, 0.2) is 0 Å². The fourth-order valence-electron chi connectivity index (χ4n) is 0.917. The van der Waals surface area contributed by atoms with Gasteiger partial charge in [0, 0.05) is 6.61 Å².